The minimum Gasteiger partial charge on any atom is -0.486 e. The van der Waals surface area contributed by atoms with Crippen molar-refractivity contribution in [1.29, 1.82) is 0 Å². The van der Waals surface area contributed by atoms with Gasteiger partial charge >= 0.3 is 0 Å². The third-order valence-corrected chi connectivity index (χ3v) is 2.96. The zero-order chi connectivity index (χ0) is 13.8. The molecule has 0 saturated carbocycles. The van der Waals surface area contributed by atoms with Crippen LogP contribution in [0.2, 0.25) is 5.02 Å². The monoisotopic (exact) mass is 280 g/mol. The maximum absolute atomic E-state index is 13.7. The van der Waals surface area contributed by atoms with Crippen LogP contribution >= 0.6 is 11.6 Å². The maximum atomic E-state index is 13.7. The molecule has 0 aliphatic rings. The third kappa shape index (κ3) is 3.69. The van der Waals surface area contributed by atoms with Gasteiger partial charge < -0.3 is 9.84 Å². The molecule has 4 heteroatoms. The van der Waals surface area contributed by atoms with Crippen molar-refractivity contribution < 1.29 is 14.2 Å². The van der Waals surface area contributed by atoms with Crippen LogP contribution in [-0.2, 0) is 6.61 Å². The summed E-state index contributed by atoms with van der Waals surface area (Å²) in [6.45, 7) is 1.83. The smallest absolute Gasteiger partial charge is 0.165 e. The molecular weight excluding hydrogens is 267 g/mol. The molecule has 1 N–H and O–H groups in total. The lowest BCUT2D eigenvalue weighted by Crippen LogP contribution is -1.99. The summed E-state index contributed by atoms with van der Waals surface area (Å²) in [5.41, 5.74) is 1.39. The fraction of sp³-hybridized carbons (Fsp3) is 0.200. The Morgan fingerprint density at radius 1 is 1.26 bits per heavy atom. The van der Waals surface area contributed by atoms with Gasteiger partial charge in [-0.1, -0.05) is 29.8 Å². The number of hydrogen-bond donors (Lipinski definition) is 1. The van der Waals surface area contributed by atoms with E-state index in [4.69, 9.17) is 16.3 Å². The zero-order valence-corrected chi connectivity index (χ0v) is 11.2. The van der Waals surface area contributed by atoms with Crippen LogP contribution < -0.4 is 4.74 Å². The Balaban J connectivity index is 2.07. The minimum absolute atomic E-state index is 0.157. The Bertz CT molecular complexity index is 570. The van der Waals surface area contributed by atoms with Gasteiger partial charge in [0.25, 0.3) is 0 Å². The van der Waals surface area contributed by atoms with Gasteiger partial charge in [0, 0.05) is 5.02 Å². The van der Waals surface area contributed by atoms with Crippen LogP contribution in [0.25, 0.3) is 0 Å². The molecule has 0 spiro atoms. The Kier molecular flexibility index (Phi) is 4.40. The fourth-order valence-corrected chi connectivity index (χ4v) is 1.89. The number of aliphatic hydroxyl groups is 1. The topological polar surface area (TPSA) is 29.5 Å². The van der Waals surface area contributed by atoms with E-state index in [-0.39, 0.29) is 12.4 Å². The van der Waals surface area contributed by atoms with Gasteiger partial charge in [0.2, 0.25) is 0 Å². The van der Waals surface area contributed by atoms with Crippen LogP contribution in [-0.4, -0.2) is 5.11 Å². The zero-order valence-electron chi connectivity index (χ0n) is 10.4. The number of benzene rings is 2. The largest absolute Gasteiger partial charge is 0.486 e. The van der Waals surface area contributed by atoms with Crippen molar-refractivity contribution in [2.45, 2.75) is 19.6 Å². The van der Waals surface area contributed by atoms with Crippen LogP contribution in [0.4, 0.5) is 4.39 Å². The van der Waals surface area contributed by atoms with E-state index in [2.05, 4.69) is 0 Å². The number of halogens is 2. The van der Waals surface area contributed by atoms with Crippen molar-refractivity contribution >= 4 is 11.6 Å². The number of rotatable bonds is 4. The lowest BCUT2D eigenvalue weighted by atomic mass is 10.1. The second-order valence-corrected chi connectivity index (χ2v) is 4.72. The first kappa shape index (κ1) is 13.8. The molecule has 1 atom stereocenters. The molecule has 0 radical (unpaired) electrons. The Morgan fingerprint density at radius 3 is 2.68 bits per heavy atom. The Hall–Kier alpha value is -1.58. The molecule has 0 unspecified atom stereocenters. The molecule has 2 aromatic carbocycles. The molecule has 0 aliphatic heterocycles. The van der Waals surface area contributed by atoms with Crippen molar-refractivity contribution in [2.24, 2.45) is 0 Å². The van der Waals surface area contributed by atoms with Gasteiger partial charge in [-0.25, -0.2) is 4.39 Å². The van der Waals surface area contributed by atoms with Crippen LogP contribution in [0.1, 0.15) is 24.2 Å². The van der Waals surface area contributed by atoms with Gasteiger partial charge in [-0.3, -0.25) is 0 Å². The number of aliphatic hydroxyl groups excluding tert-OH is 1. The van der Waals surface area contributed by atoms with Crippen LogP contribution in [0.5, 0.6) is 5.75 Å². The van der Waals surface area contributed by atoms with E-state index in [1.165, 1.54) is 12.1 Å². The van der Waals surface area contributed by atoms with Gasteiger partial charge in [-0.2, -0.15) is 0 Å². The van der Waals surface area contributed by atoms with Gasteiger partial charge in [0.15, 0.2) is 11.6 Å². The molecule has 100 valence electrons. The van der Waals surface area contributed by atoms with Crippen molar-refractivity contribution in [3.8, 4) is 5.75 Å². The van der Waals surface area contributed by atoms with Gasteiger partial charge in [-0.15, -0.1) is 0 Å². The molecule has 0 aliphatic carbocycles. The highest BCUT2D eigenvalue weighted by molar-refractivity contribution is 6.30. The molecule has 0 fully saturated rings. The SMILES string of the molecule is C[C@H](O)c1ccc(OCc2cccc(Cl)c2)c(F)c1. The van der Waals surface area contributed by atoms with Crippen molar-refractivity contribution in [1.82, 2.24) is 0 Å². The predicted octanol–water partition coefficient (Wildman–Crippen LogP) is 4.11. The van der Waals surface area contributed by atoms with Crippen LogP contribution in [0.3, 0.4) is 0 Å². The normalized spacial score (nSPS) is 12.2. The number of ether oxygens (including phenoxy) is 1. The molecular formula is C15H14ClFO2. The van der Waals surface area contributed by atoms with Gasteiger partial charge in [-0.05, 0) is 42.3 Å². The maximum Gasteiger partial charge on any atom is 0.165 e. The average molecular weight is 281 g/mol. The van der Waals surface area contributed by atoms with E-state index in [9.17, 15) is 9.50 Å². The minimum atomic E-state index is -0.698. The fourth-order valence-electron chi connectivity index (χ4n) is 1.68. The summed E-state index contributed by atoms with van der Waals surface area (Å²) in [4.78, 5) is 0. The van der Waals surface area contributed by atoms with Gasteiger partial charge in [0.05, 0.1) is 6.10 Å². The first-order chi connectivity index (χ1) is 9.06. The van der Waals surface area contributed by atoms with E-state index >= 15 is 0 Å². The summed E-state index contributed by atoms with van der Waals surface area (Å²) < 4.78 is 19.1. The number of hydrogen-bond acceptors (Lipinski definition) is 2. The van der Waals surface area contributed by atoms with Crippen LogP contribution in [0.15, 0.2) is 42.5 Å². The summed E-state index contributed by atoms with van der Waals surface area (Å²) in [5, 5.41) is 9.97. The summed E-state index contributed by atoms with van der Waals surface area (Å²) in [5.74, 6) is -0.329. The van der Waals surface area contributed by atoms with E-state index in [0.717, 1.165) is 5.56 Å². The van der Waals surface area contributed by atoms with Crippen molar-refractivity contribution in [3.05, 3.63) is 64.4 Å². The van der Waals surface area contributed by atoms with Crippen molar-refractivity contribution in [3.63, 3.8) is 0 Å². The highest BCUT2D eigenvalue weighted by Gasteiger charge is 2.08. The third-order valence-electron chi connectivity index (χ3n) is 2.72. The second kappa shape index (κ2) is 6.04. The predicted molar refractivity (Wildman–Crippen MR) is 72.8 cm³/mol. The van der Waals surface area contributed by atoms with E-state index < -0.39 is 11.9 Å². The first-order valence-electron chi connectivity index (χ1n) is 5.91. The molecule has 2 rings (SSSR count). The quantitative estimate of drug-likeness (QED) is 0.913. The summed E-state index contributed by atoms with van der Waals surface area (Å²) >= 11 is 5.86. The Morgan fingerprint density at radius 2 is 2.05 bits per heavy atom. The van der Waals surface area contributed by atoms with E-state index in [0.29, 0.717) is 10.6 Å². The summed E-state index contributed by atoms with van der Waals surface area (Å²) in [6.07, 6.45) is -0.698. The summed E-state index contributed by atoms with van der Waals surface area (Å²) in [7, 11) is 0. The molecule has 2 nitrogen and oxygen atoms in total. The second-order valence-electron chi connectivity index (χ2n) is 4.28. The molecule has 0 bridgehead atoms. The van der Waals surface area contributed by atoms with Crippen molar-refractivity contribution in [2.75, 3.05) is 0 Å². The molecule has 0 saturated heterocycles. The molecule has 2 aromatic rings. The molecule has 19 heavy (non-hydrogen) atoms. The average Bonchev–Trinajstić information content (AvgIpc) is 2.37. The molecule has 0 aromatic heterocycles. The summed E-state index contributed by atoms with van der Waals surface area (Å²) in [6, 6.07) is 11.6. The van der Waals surface area contributed by atoms with Crippen LogP contribution in [0, 0.1) is 5.82 Å². The lowest BCUT2D eigenvalue weighted by molar-refractivity contribution is 0.198. The molecule has 0 heterocycles. The Labute approximate surface area is 116 Å². The van der Waals surface area contributed by atoms with E-state index in [1.54, 1.807) is 25.1 Å². The highest BCUT2D eigenvalue weighted by Crippen LogP contribution is 2.23. The lowest BCUT2D eigenvalue weighted by Gasteiger charge is -2.10. The van der Waals surface area contributed by atoms with Gasteiger partial charge in [0.1, 0.15) is 6.61 Å². The highest BCUT2D eigenvalue weighted by atomic mass is 35.5. The van der Waals surface area contributed by atoms with E-state index in [1.807, 2.05) is 12.1 Å². The standard InChI is InChI=1S/C15H14ClFO2/c1-10(18)12-5-6-15(14(17)8-12)19-9-11-3-2-4-13(16)7-11/h2-8,10,18H,9H2,1H3/t10-/m0/s1. The first-order valence-corrected chi connectivity index (χ1v) is 6.29. The molecule has 0 amide bonds.